The standard InChI is InChI=1S/C12H20N2O4S/c1-7-14(10(6-19-7)11(16)17)12(18)13-8-2-4-9(15)5-3-8/h7-10,15H,2-6H2,1H3,(H,13,18)(H,16,17). The highest BCUT2D eigenvalue weighted by Crippen LogP contribution is 2.29. The molecule has 0 radical (unpaired) electrons. The van der Waals surface area contributed by atoms with E-state index < -0.39 is 12.0 Å². The third-order valence-corrected chi connectivity index (χ3v) is 4.98. The number of carboxylic acid groups (broad SMARTS) is 1. The Balaban J connectivity index is 1.93. The van der Waals surface area contributed by atoms with Gasteiger partial charge in [-0.3, -0.25) is 4.90 Å². The first-order chi connectivity index (χ1) is 8.99. The molecule has 0 aromatic rings. The van der Waals surface area contributed by atoms with Crippen LogP contribution in [0, 0.1) is 0 Å². The molecule has 108 valence electrons. The quantitative estimate of drug-likeness (QED) is 0.701. The predicted molar refractivity (Wildman–Crippen MR) is 72.0 cm³/mol. The predicted octanol–water partition coefficient (Wildman–Crippen LogP) is 0.847. The van der Waals surface area contributed by atoms with Gasteiger partial charge in [-0.1, -0.05) is 0 Å². The van der Waals surface area contributed by atoms with E-state index in [0.717, 1.165) is 12.8 Å². The van der Waals surface area contributed by atoms with Crippen LogP contribution in [0.1, 0.15) is 32.6 Å². The van der Waals surface area contributed by atoms with Gasteiger partial charge in [0, 0.05) is 11.8 Å². The van der Waals surface area contributed by atoms with Crippen molar-refractivity contribution < 1.29 is 19.8 Å². The number of hydrogen-bond donors (Lipinski definition) is 3. The number of carbonyl (C=O) groups excluding carboxylic acids is 1. The van der Waals surface area contributed by atoms with E-state index in [0.29, 0.717) is 18.6 Å². The Bertz CT molecular complexity index is 358. The summed E-state index contributed by atoms with van der Waals surface area (Å²) in [4.78, 5) is 24.7. The van der Waals surface area contributed by atoms with Crippen molar-refractivity contribution in [1.82, 2.24) is 10.2 Å². The number of aliphatic hydroxyl groups is 1. The lowest BCUT2D eigenvalue weighted by Gasteiger charge is -2.31. The number of aliphatic hydroxyl groups excluding tert-OH is 1. The van der Waals surface area contributed by atoms with E-state index in [2.05, 4.69) is 5.32 Å². The van der Waals surface area contributed by atoms with E-state index in [1.807, 2.05) is 6.92 Å². The highest BCUT2D eigenvalue weighted by Gasteiger charge is 2.40. The van der Waals surface area contributed by atoms with Crippen molar-refractivity contribution in [3.63, 3.8) is 0 Å². The van der Waals surface area contributed by atoms with Crippen LogP contribution in [0.15, 0.2) is 0 Å². The zero-order valence-electron chi connectivity index (χ0n) is 10.9. The fourth-order valence-electron chi connectivity index (χ4n) is 2.61. The van der Waals surface area contributed by atoms with Crippen molar-refractivity contribution in [2.24, 2.45) is 0 Å². The summed E-state index contributed by atoms with van der Waals surface area (Å²) >= 11 is 1.48. The SMILES string of the molecule is CC1SCC(C(=O)O)N1C(=O)NC1CCC(O)CC1. The lowest BCUT2D eigenvalue weighted by atomic mass is 9.93. The first-order valence-electron chi connectivity index (χ1n) is 6.60. The molecule has 0 aromatic heterocycles. The van der Waals surface area contributed by atoms with Crippen LogP contribution in [0.25, 0.3) is 0 Å². The number of hydrogen-bond acceptors (Lipinski definition) is 4. The fraction of sp³-hybridized carbons (Fsp3) is 0.833. The van der Waals surface area contributed by atoms with Crippen molar-refractivity contribution in [3.8, 4) is 0 Å². The Kier molecular flexibility index (Phi) is 4.57. The monoisotopic (exact) mass is 288 g/mol. The molecule has 2 rings (SSSR count). The summed E-state index contributed by atoms with van der Waals surface area (Å²) in [6, 6.07) is -0.997. The van der Waals surface area contributed by atoms with Gasteiger partial charge in [0.1, 0.15) is 6.04 Å². The molecule has 0 spiro atoms. The molecule has 2 amide bonds. The van der Waals surface area contributed by atoms with Gasteiger partial charge in [-0.25, -0.2) is 9.59 Å². The van der Waals surface area contributed by atoms with Gasteiger partial charge in [0.2, 0.25) is 0 Å². The molecule has 0 bridgehead atoms. The molecule has 1 aliphatic heterocycles. The summed E-state index contributed by atoms with van der Waals surface area (Å²) in [5, 5.41) is 21.3. The Morgan fingerprint density at radius 1 is 1.26 bits per heavy atom. The van der Waals surface area contributed by atoms with E-state index in [4.69, 9.17) is 5.11 Å². The average Bonchev–Trinajstić information content (AvgIpc) is 2.74. The van der Waals surface area contributed by atoms with Crippen LogP contribution in [0.3, 0.4) is 0 Å². The second-order valence-electron chi connectivity index (χ2n) is 5.15. The van der Waals surface area contributed by atoms with Gasteiger partial charge in [-0.05, 0) is 32.6 Å². The third kappa shape index (κ3) is 3.33. The molecular formula is C12H20N2O4S. The molecule has 19 heavy (non-hydrogen) atoms. The van der Waals surface area contributed by atoms with Gasteiger partial charge >= 0.3 is 12.0 Å². The zero-order chi connectivity index (χ0) is 14.0. The molecule has 1 aliphatic carbocycles. The van der Waals surface area contributed by atoms with E-state index in [-0.39, 0.29) is 23.6 Å². The van der Waals surface area contributed by atoms with Crippen LogP contribution in [-0.4, -0.2) is 56.4 Å². The highest BCUT2D eigenvalue weighted by molar-refractivity contribution is 8.00. The summed E-state index contributed by atoms with van der Waals surface area (Å²) in [5.41, 5.74) is 0. The van der Waals surface area contributed by atoms with Gasteiger partial charge in [-0.2, -0.15) is 0 Å². The Labute approximate surface area is 116 Å². The first kappa shape index (κ1) is 14.5. The first-order valence-corrected chi connectivity index (χ1v) is 7.65. The number of amides is 2. The Morgan fingerprint density at radius 3 is 2.47 bits per heavy atom. The van der Waals surface area contributed by atoms with Gasteiger partial charge in [0.05, 0.1) is 11.5 Å². The van der Waals surface area contributed by atoms with Crippen molar-refractivity contribution in [1.29, 1.82) is 0 Å². The maximum atomic E-state index is 12.2. The minimum absolute atomic E-state index is 0.0446. The maximum absolute atomic E-state index is 12.2. The minimum atomic E-state index is -0.953. The number of nitrogens with zero attached hydrogens (tertiary/aromatic N) is 1. The molecule has 2 fully saturated rings. The molecule has 1 heterocycles. The van der Waals surface area contributed by atoms with E-state index in [1.54, 1.807) is 0 Å². The van der Waals surface area contributed by atoms with Crippen LogP contribution in [0.5, 0.6) is 0 Å². The second kappa shape index (κ2) is 6.00. The molecule has 1 saturated heterocycles. The molecule has 6 nitrogen and oxygen atoms in total. The molecule has 2 unspecified atom stereocenters. The number of thioether (sulfide) groups is 1. The lowest BCUT2D eigenvalue weighted by Crippen LogP contribution is -2.52. The summed E-state index contributed by atoms with van der Waals surface area (Å²) in [5.74, 6) is -0.515. The molecule has 0 aromatic carbocycles. The van der Waals surface area contributed by atoms with E-state index >= 15 is 0 Å². The van der Waals surface area contributed by atoms with Crippen LogP contribution in [0.2, 0.25) is 0 Å². The van der Waals surface area contributed by atoms with Crippen molar-refractivity contribution in [2.45, 2.75) is 56.2 Å². The van der Waals surface area contributed by atoms with Gasteiger partial charge in [0.25, 0.3) is 0 Å². The van der Waals surface area contributed by atoms with Crippen LogP contribution < -0.4 is 5.32 Å². The summed E-state index contributed by atoms with van der Waals surface area (Å²) < 4.78 is 0. The molecule has 2 atom stereocenters. The highest BCUT2D eigenvalue weighted by atomic mass is 32.2. The van der Waals surface area contributed by atoms with Crippen molar-refractivity contribution >= 4 is 23.8 Å². The number of aliphatic carboxylic acids is 1. The average molecular weight is 288 g/mol. The van der Waals surface area contributed by atoms with E-state index in [9.17, 15) is 14.7 Å². The van der Waals surface area contributed by atoms with Crippen molar-refractivity contribution in [2.75, 3.05) is 5.75 Å². The minimum Gasteiger partial charge on any atom is -0.480 e. The number of nitrogens with one attached hydrogen (secondary N) is 1. The summed E-state index contributed by atoms with van der Waals surface area (Å²) in [6.45, 7) is 1.85. The second-order valence-corrected chi connectivity index (χ2v) is 6.50. The number of carboxylic acids is 1. The number of rotatable bonds is 2. The Morgan fingerprint density at radius 2 is 1.89 bits per heavy atom. The molecule has 3 N–H and O–H groups in total. The number of urea groups is 1. The smallest absolute Gasteiger partial charge is 0.327 e. The van der Waals surface area contributed by atoms with Crippen molar-refractivity contribution in [3.05, 3.63) is 0 Å². The summed E-state index contributed by atoms with van der Waals surface area (Å²) in [7, 11) is 0. The van der Waals surface area contributed by atoms with E-state index in [1.165, 1.54) is 16.7 Å². The molecule has 7 heteroatoms. The maximum Gasteiger partial charge on any atom is 0.327 e. The molecule has 2 aliphatic rings. The van der Waals surface area contributed by atoms with Gasteiger partial charge < -0.3 is 15.5 Å². The zero-order valence-corrected chi connectivity index (χ0v) is 11.7. The van der Waals surface area contributed by atoms with Crippen LogP contribution in [-0.2, 0) is 4.79 Å². The van der Waals surface area contributed by atoms with Crippen LogP contribution >= 0.6 is 11.8 Å². The largest absolute Gasteiger partial charge is 0.480 e. The summed E-state index contributed by atoms with van der Waals surface area (Å²) in [6.07, 6.45) is 2.62. The van der Waals surface area contributed by atoms with Crippen LogP contribution in [0.4, 0.5) is 4.79 Å². The molecule has 1 saturated carbocycles. The normalized spacial score (nSPS) is 35.2. The number of carbonyl (C=O) groups is 2. The van der Waals surface area contributed by atoms with Gasteiger partial charge in [0.15, 0.2) is 0 Å². The van der Waals surface area contributed by atoms with Gasteiger partial charge in [-0.15, -0.1) is 11.8 Å². The topological polar surface area (TPSA) is 89.9 Å². The third-order valence-electron chi connectivity index (χ3n) is 3.77. The fourth-order valence-corrected chi connectivity index (χ4v) is 3.78. The lowest BCUT2D eigenvalue weighted by molar-refractivity contribution is -0.141. The molecular weight excluding hydrogens is 268 g/mol. The Hall–Kier alpha value is -0.950.